The highest BCUT2D eigenvalue weighted by Crippen LogP contribution is 2.31. The van der Waals surface area contributed by atoms with Gasteiger partial charge in [-0.15, -0.1) is 0 Å². The van der Waals surface area contributed by atoms with Crippen LogP contribution in [0.1, 0.15) is 5.56 Å². The summed E-state index contributed by atoms with van der Waals surface area (Å²) >= 11 is 0. The van der Waals surface area contributed by atoms with Crippen molar-refractivity contribution in [2.45, 2.75) is 6.18 Å². The van der Waals surface area contributed by atoms with E-state index in [0.29, 0.717) is 16.8 Å². The van der Waals surface area contributed by atoms with Gasteiger partial charge in [0.25, 0.3) is 0 Å². The van der Waals surface area contributed by atoms with E-state index >= 15 is 0 Å². The van der Waals surface area contributed by atoms with Gasteiger partial charge in [-0.05, 0) is 36.4 Å². The summed E-state index contributed by atoms with van der Waals surface area (Å²) in [5.41, 5.74) is 0.700. The van der Waals surface area contributed by atoms with E-state index in [-0.39, 0.29) is 5.89 Å². The van der Waals surface area contributed by atoms with Crippen LogP contribution in [0.15, 0.2) is 47.0 Å². The third-order valence-electron chi connectivity index (χ3n) is 2.62. The average molecular weight is 264 g/mol. The molecule has 3 rings (SSSR count). The van der Waals surface area contributed by atoms with Crippen molar-refractivity contribution in [1.82, 2.24) is 9.97 Å². The molecule has 96 valence electrons. The van der Waals surface area contributed by atoms with Crippen molar-refractivity contribution < 1.29 is 17.6 Å². The number of benzene rings is 1. The second kappa shape index (κ2) is 4.08. The van der Waals surface area contributed by atoms with Gasteiger partial charge >= 0.3 is 6.18 Å². The van der Waals surface area contributed by atoms with E-state index in [2.05, 4.69) is 9.97 Å². The number of nitrogens with zero attached hydrogens (tertiary/aromatic N) is 2. The highest BCUT2D eigenvalue weighted by atomic mass is 19.4. The summed E-state index contributed by atoms with van der Waals surface area (Å²) in [5, 5.41) is 0. The van der Waals surface area contributed by atoms with Crippen LogP contribution in [-0.2, 0) is 6.18 Å². The molecule has 2 aromatic heterocycles. The molecule has 3 aromatic rings. The van der Waals surface area contributed by atoms with Crippen molar-refractivity contribution in [1.29, 1.82) is 0 Å². The Hall–Kier alpha value is -2.37. The summed E-state index contributed by atoms with van der Waals surface area (Å²) in [5.74, 6) is 0.252. The van der Waals surface area contributed by atoms with Crippen molar-refractivity contribution >= 4 is 11.2 Å². The Morgan fingerprint density at radius 2 is 1.74 bits per heavy atom. The van der Waals surface area contributed by atoms with Crippen LogP contribution < -0.4 is 0 Å². The predicted molar refractivity (Wildman–Crippen MR) is 62.2 cm³/mol. The Morgan fingerprint density at radius 1 is 1.00 bits per heavy atom. The molecule has 1 aromatic carbocycles. The summed E-state index contributed by atoms with van der Waals surface area (Å²) in [6.45, 7) is 0. The van der Waals surface area contributed by atoms with Crippen molar-refractivity contribution in [3.63, 3.8) is 0 Å². The second-order valence-electron chi connectivity index (χ2n) is 3.92. The first-order chi connectivity index (χ1) is 9.04. The molecule has 2 heterocycles. The number of aromatic nitrogens is 2. The number of hydrogen-bond acceptors (Lipinski definition) is 3. The van der Waals surface area contributed by atoms with Crippen molar-refractivity contribution in [3.05, 3.63) is 48.2 Å². The molecule has 0 bridgehead atoms. The van der Waals surface area contributed by atoms with Gasteiger partial charge in [0.2, 0.25) is 5.89 Å². The molecule has 0 unspecified atom stereocenters. The Bertz CT molecular complexity index is 684. The first kappa shape index (κ1) is 11.7. The molecule has 0 amide bonds. The molecular formula is C13H7F3N2O. The summed E-state index contributed by atoms with van der Waals surface area (Å²) < 4.78 is 42.7. The first-order valence-electron chi connectivity index (χ1n) is 5.43. The van der Waals surface area contributed by atoms with Crippen molar-refractivity contribution in [2.24, 2.45) is 0 Å². The van der Waals surface area contributed by atoms with E-state index in [9.17, 15) is 13.2 Å². The van der Waals surface area contributed by atoms with Gasteiger partial charge in [-0.25, -0.2) is 4.98 Å². The molecule has 0 aliphatic carbocycles. The summed E-state index contributed by atoms with van der Waals surface area (Å²) in [6.07, 6.45) is -2.78. The molecule has 19 heavy (non-hydrogen) atoms. The third kappa shape index (κ3) is 2.16. The largest absolute Gasteiger partial charge is 0.434 e. The van der Waals surface area contributed by atoms with Gasteiger partial charge in [0, 0.05) is 11.8 Å². The monoisotopic (exact) mass is 264 g/mol. The number of fused-ring (bicyclic) bond motifs is 1. The van der Waals surface area contributed by atoms with E-state index in [1.807, 2.05) is 0 Å². The SMILES string of the molecule is FC(F)(F)c1ccc(-c2nc3ncccc3o2)cc1. The summed E-state index contributed by atoms with van der Waals surface area (Å²) in [6, 6.07) is 8.04. The minimum absolute atomic E-state index is 0.252. The number of pyridine rings is 1. The molecule has 0 N–H and O–H groups in total. The molecule has 0 aliphatic rings. The maximum absolute atomic E-state index is 12.4. The van der Waals surface area contributed by atoms with Crippen LogP contribution in [0.25, 0.3) is 22.7 Å². The van der Waals surface area contributed by atoms with Gasteiger partial charge in [-0.2, -0.15) is 18.2 Å². The van der Waals surface area contributed by atoms with Crippen molar-refractivity contribution in [3.8, 4) is 11.5 Å². The van der Waals surface area contributed by atoms with E-state index < -0.39 is 11.7 Å². The molecule has 0 saturated carbocycles. The minimum atomic E-state index is -4.35. The molecule has 0 spiro atoms. The first-order valence-corrected chi connectivity index (χ1v) is 5.43. The molecule has 3 nitrogen and oxygen atoms in total. The van der Waals surface area contributed by atoms with Crippen LogP contribution in [0.2, 0.25) is 0 Å². The zero-order valence-corrected chi connectivity index (χ0v) is 9.48. The van der Waals surface area contributed by atoms with Crippen LogP contribution in [0, 0.1) is 0 Å². The van der Waals surface area contributed by atoms with Crippen LogP contribution in [0.3, 0.4) is 0 Å². The highest BCUT2D eigenvalue weighted by Gasteiger charge is 2.30. The maximum Gasteiger partial charge on any atom is 0.416 e. The zero-order valence-electron chi connectivity index (χ0n) is 9.48. The van der Waals surface area contributed by atoms with Gasteiger partial charge in [0.05, 0.1) is 5.56 Å². The summed E-state index contributed by atoms with van der Waals surface area (Å²) in [4.78, 5) is 8.12. The average Bonchev–Trinajstić information content (AvgIpc) is 2.81. The van der Waals surface area contributed by atoms with Gasteiger partial charge in [-0.1, -0.05) is 0 Å². The van der Waals surface area contributed by atoms with Crippen LogP contribution in [0.4, 0.5) is 13.2 Å². The smallest absolute Gasteiger partial charge is 0.416 e. The molecule has 0 fully saturated rings. The van der Waals surface area contributed by atoms with E-state index in [1.165, 1.54) is 12.1 Å². The van der Waals surface area contributed by atoms with Gasteiger partial charge in [-0.3, -0.25) is 0 Å². The van der Waals surface area contributed by atoms with Gasteiger partial charge in [0.1, 0.15) is 0 Å². The third-order valence-corrected chi connectivity index (χ3v) is 2.62. The molecule has 6 heteroatoms. The molecule has 0 atom stereocenters. The number of rotatable bonds is 1. The molecule has 0 radical (unpaired) electrons. The molecule has 0 aliphatic heterocycles. The van der Waals surface area contributed by atoms with E-state index in [4.69, 9.17) is 4.42 Å². The fourth-order valence-corrected chi connectivity index (χ4v) is 1.69. The lowest BCUT2D eigenvalue weighted by Gasteiger charge is -2.05. The lowest BCUT2D eigenvalue weighted by molar-refractivity contribution is -0.137. The second-order valence-corrected chi connectivity index (χ2v) is 3.92. The van der Waals surface area contributed by atoms with Crippen molar-refractivity contribution in [2.75, 3.05) is 0 Å². The standard InChI is InChI=1S/C13H7F3N2O/c14-13(15,16)9-5-3-8(4-6-9)12-18-11-10(19-12)2-1-7-17-11/h1-7H. The van der Waals surface area contributed by atoms with Crippen LogP contribution in [0.5, 0.6) is 0 Å². The van der Waals surface area contributed by atoms with Crippen LogP contribution in [-0.4, -0.2) is 9.97 Å². The lowest BCUT2D eigenvalue weighted by Crippen LogP contribution is -2.03. The summed E-state index contributed by atoms with van der Waals surface area (Å²) in [7, 11) is 0. The quantitative estimate of drug-likeness (QED) is 0.669. The minimum Gasteiger partial charge on any atom is -0.434 e. The van der Waals surface area contributed by atoms with Crippen LogP contribution >= 0.6 is 0 Å². The molecule has 0 saturated heterocycles. The highest BCUT2D eigenvalue weighted by molar-refractivity contribution is 5.71. The number of oxazole rings is 1. The van der Waals surface area contributed by atoms with Gasteiger partial charge < -0.3 is 4.42 Å². The Labute approximate surface area is 105 Å². The fourth-order valence-electron chi connectivity index (χ4n) is 1.69. The molecular weight excluding hydrogens is 257 g/mol. The van der Waals surface area contributed by atoms with Gasteiger partial charge in [0.15, 0.2) is 11.2 Å². The van der Waals surface area contributed by atoms with E-state index in [0.717, 1.165) is 12.1 Å². The Kier molecular flexibility index (Phi) is 2.51. The Balaban J connectivity index is 2.02. The topological polar surface area (TPSA) is 38.9 Å². The number of alkyl halides is 3. The Morgan fingerprint density at radius 3 is 2.37 bits per heavy atom. The normalized spacial score (nSPS) is 11.9. The maximum atomic E-state index is 12.4. The number of halogens is 3. The fraction of sp³-hybridized carbons (Fsp3) is 0.0769. The van der Waals surface area contributed by atoms with E-state index in [1.54, 1.807) is 18.3 Å². The zero-order chi connectivity index (χ0) is 13.5. The lowest BCUT2D eigenvalue weighted by atomic mass is 10.1. The number of hydrogen-bond donors (Lipinski definition) is 0. The predicted octanol–water partition coefficient (Wildman–Crippen LogP) is 3.91.